The third kappa shape index (κ3) is 5.33. The first-order valence-electron chi connectivity index (χ1n) is 6.69. The van der Waals surface area contributed by atoms with Gasteiger partial charge in [-0.2, -0.15) is 11.8 Å². The molecule has 112 valence electrons. The van der Waals surface area contributed by atoms with E-state index in [4.69, 9.17) is 11.6 Å². The molecule has 0 aliphatic rings. The summed E-state index contributed by atoms with van der Waals surface area (Å²) in [6, 6.07) is 3.44. The molecule has 20 heavy (non-hydrogen) atoms. The smallest absolute Gasteiger partial charge is 0.251 e. The SMILES string of the molecule is CSCC(C)CNC(=O)c1cc(Cl)nc(C(C)(C)C)c1. The van der Waals surface area contributed by atoms with E-state index in [1.165, 1.54) is 0 Å². The van der Waals surface area contributed by atoms with Crippen LogP contribution in [0.25, 0.3) is 0 Å². The van der Waals surface area contributed by atoms with Crippen LogP contribution in [0.2, 0.25) is 5.15 Å². The van der Waals surface area contributed by atoms with E-state index in [9.17, 15) is 4.79 Å². The number of pyridine rings is 1. The van der Waals surface area contributed by atoms with Gasteiger partial charge in [0.05, 0.1) is 0 Å². The lowest BCUT2D eigenvalue weighted by molar-refractivity contribution is 0.0949. The Morgan fingerprint density at radius 2 is 2.10 bits per heavy atom. The van der Waals surface area contributed by atoms with Crippen molar-refractivity contribution in [2.24, 2.45) is 5.92 Å². The van der Waals surface area contributed by atoms with Gasteiger partial charge in [-0.05, 0) is 30.1 Å². The molecule has 1 N–H and O–H groups in total. The van der Waals surface area contributed by atoms with Crippen molar-refractivity contribution in [3.05, 3.63) is 28.5 Å². The Bertz CT molecular complexity index is 471. The van der Waals surface area contributed by atoms with Gasteiger partial charge in [0.25, 0.3) is 5.91 Å². The first-order chi connectivity index (χ1) is 9.24. The molecular weight excluding hydrogens is 292 g/mol. The van der Waals surface area contributed by atoms with E-state index in [0.29, 0.717) is 23.2 Å². The minimum Gasteiger partial charge on any atom is -0.352 e. The zero-order valence-electron chi connectivity index (χ0n) is 12.8. The number of hydrogen-bond acceptors (Lipinski definition) is 3. The lowest BCUT2D eigenvalue weighted by Crippen LogP contribution is -2.29. The predicted octanol–water partition coefficient (Wildman–Crippen LogP) is 3.76. The predicted molar refractivity (Wildman–Crippen MR) is 87.8 cm³/mol. The van der Waals surface area contributed by atoms with Gasteiger partial charge in [0.2, 0.25) is 0 Å². The van der Waals surface area contributed by atoms with E-state index in [-0.39, 0.29) is 11.3 Å². The molecule has 0 aliphatic carbocycles. The number of nitrogens with one attached hydrogen (secondary N) is 1. The molecule has 1 heterocycles. The van der Waals surface area contributed by atoms with E-state index in [0.717, 1.165) is 11.4 Å². The van der Waals surface area contributed by atoms with Gasteiger partial charge in [-0.1, -0.05) is 39.3 Å². The van der Waals surface area contributed by atoms with Crippen molar-refractivity contribution in [3.8, 4) is 0 Å². The molecule has 1 aromatic rings. The summed E-state index contributed by atoms with van der Waals surface area (Å²) in [5.74, 6) is 1.39. The lowest BCUT2D eigenvalue weighted by atomic mass is 9.91. The molecule has 1 atom stereocenters. The van der Waals surface area contributed by atoms with Crippen molar-refractivity contribution >= 4 is 29.3 Å². The molecule has 3 nitrogen and oxygen atoms in total. The average Bonchev–Trinajstić information content (AvgIpc) is 2.34. The van der Waals surface area contributed by atoms with Crippen molar-refractivity contribution in [3.63, 3.8) is 0 Å². The van der Waals surface area contributed by atoms with Crippen LogP contribution >= 0.6 is 23.4 Å². The Balaban J connectivity index is 2.81. The van der Waals surface area contributed by atoms with Crippen LogP contribution in [-0.4, -0.2) is 29.4 Å². The van der Waals surface area contributed by atoms with Crippen LogP contribution in [0.15, 0.2) is 12.1 Å². The second-order valence-corrected chi connectivity index (χ2v) is 7.38. The molecule has 0 saturated carbocycles. The standard InChI is InChI=1S/C15H23ClN2OS/c1-10(9-20-5)8-17-14(19)11-6-12(15(2,3)4)18-13(16)7-11/h6-7,10H,8-9H2,1-5H3,(H,17,19). The number of amides is 1. The number of halogens is 1. The molecule has 0 radical (unpaired) electrons. The molecule has 1 unspecified atom stereocenters. The zero-order valence-corrected chi connectivity index (χ0v) is 14.4. The van der Waals surface area contributed by atoms with E-state index in [1.807, 2.05) is 26.8 Å². The van der Waals surface area contributed by atoms with Gasteiger partial charge in [-0.25, -0.2) is 4.98 Å². The number of carbonyl (C=O) groups is 1. The summed E-state index contributed by atoms with van der Waals surface area (Å²) in [6.45, 7) is 8.94. The Kier molecular flexibility index (Phi) is 6.34. The van der Waals surface area contributed by atoms with Crippen LogP contribution in [0.1, 0.15) is 43.7 Å². The maximum Gasteiger partial charge on any atom is 0.251 e. The number of rotatable bonds is 5. The fourth-order valence-corrected chi connectivity index (χ4v) is 2.62. The van der Waals surface area contributed by atoms with Crippen molar-refractivity contribution in [2.75, 3.05) is 18.6 Å². The van der Waals surface area contributed by atoms with Crippen molar-refractivity contribution < 1.29 is 4.79 Å². The van der Waals surface area contributed by atoms with Crippen molar-refractivity contribution in [1.29, 1.82) is 0 Å². The highest BCUT2D eigenvalue weighted by Crippen LogP contribution is 2.23. The van der Waals surface area contributed by atoms with E-state index < -0.39 is 0 Å². The fourth-order valence-electron chi connectivity index (χ4n) is 1.72. The Hall–Kier alpha value is -0.740. The van der Waals surface area contributed by atoms with Crippen LogP contribution in [0.3, 0.4) is 0 Å². The van der Waals surface area contributed by atoms with E-state index >= 15 is 0 Å². The number of hydrogen-bond donors (Lipinski definition) is 1. The molecule has 1 aromatic heterocycles. The first kappa shape index (κ1) is 17.3. The van der Waals surface area contributed by atoms with Crippen LogP contribution in [0.5, 0.6) is 0 Å². The van der Waals surface area contributed by atoms with Crippen LogP contribution in [0.4, 0.5) is 0 Å². The highest BCUT2D eigenvalue weighted by molar-refractivity contribution is 7.98. The van der Waals surface area contributed by atoms with Gasteiger partial charge >= 0.3 is 0 Å². The van der Waals surface area contributed by atoms with Gasteiger partial charge in [0, 0.05) is 23.2 Å². The van der Waals surface area contributed by atoms with Crippen LogP contribution in [0, 0.1) is 5.92 Å². The number of carbonyl (C=O) groups excluding carboxylic acids is 1. The average molecular weight is 315 g/mol. The van der Waals surface area contributed by atoms with Gasteiger partial charge in [-0.15, -0.1) is 0 Å². The number of thioether (sulfide) groups is 1. The summed E-state index contributed by atoms with van der Waals surface area (Å²) in [6.07, 6.45) is 2.07. The summed E-state index contributed by atoms with van der Waals surface area (Å²) in [5.41, 5.74) is 1.27. The second-order valence-electron chi connectivity index (χ2n) is 6.08. The molecule has 0 aromatic carbocycles. The summed E-state index contributed by atoms with van der Waals surface area (Å²) in [5, 5.41) is 3.31. The third-order valence-electron chi connectivity index (χ3n) is 2.89. The molecular formula is C15H23ClN2OS. The third-order valence-corrected chi connectivity index (χ3v) is 3.98. The highest BCUT2D eigenvalue weighted by atomic mass is 35.5. The Morgan fingerprint density at radius 3 is 2.65 bits per heavy atom. The molecule has 0 fully saturated rings. The Morgan fingerprint density at radius 1 is 1.45 bits per heavy atom. The molecule has 0 saturated heterocycles. The maximum absolute atomic E-state index is 12.2. The summed E-state index contributed by atoms with van der Waals surface area (Å²) in [7, 11) is 0. The second kappa shape index (κ2) is 7.32. The monoisotopic (exact) mass is 314 g/mol. The first-order valence-corrected chi connectivity index (χ1v) is 8.46. The Labute approximate surface area is 130 Å². The fraction of sp³-hybridized carbons (Fsp3) is 0.600. The topological polar surface area (TPSA) is 42.0 Å². The molecule has 0 bridgehead atoms. The maximum atomic E-state index is 12.2. The van der Waals surface area contributed by atoms with E-state index in [1.54, 1.807) is 17.8 Å². The normalized spacial score (nSPS) is 13.1. The summed E-state index contributed by atoms with van der Waals surface area (Å²) in [4.78, 5) is 16.5. The minimum atomic E-state index is -0.133. The molecule has 0 aliphatic heterocycles. The summed E-state index contributed by atoms with van der Waals surface area (Å²) < 4.78 is 0. The molecule has 5 heteroatoms. The van der Waals surface area contributed by atoms with Gasteiger partial charge < -0.3 is 5.32 Å². The number of aromatic nitrogens is 1. The quantitative estimate of drug-likeness (QED) is 0.841. The van der Waals surface area contributed by atoms with Gasteiger partial charge in [-0.3, -0.25) is 4.79 Å². The molecule has 1 amide bonds. The number of nitrogens with zero attached hydrogens (tertiary/aromatic N) is 1. The molecule has 0 spiro atoms. The van der Waals surface area contributed by atoms with Gasteiger partial charge in [0.15, 0.2) is 0 Å². The van der Waals surface area contributed by atoms with Crippen molar-refractivity contribution in [1.82, 2.24) is 10.3 Å². The lowest BCUT2D eigenvalue weighted by Gasteiger charge is -2.19. The molecule has 1 rings (SSSR count). The largest absolute Gasteiger partial charge is 0.352 e. The minimum absolute atomic E-state index is 0.0900. The zero-order chi connectivity index (χ0) is 15.3. The van der Waals surface area contributed by atoms with Crippen LogP contribution < -0.4 is 5.32 Å². The van der Waals surface area contributed by atoms with Gasteiger partial charge in [0.1, 0.15) is 5.15 Å². The van der Waals surface area contributed by atoms with Crippen LogP contribution in [-0.2, 0) is 5.41 Å². The van der Waals surface area contributed by atoms with E-state index in [2.05, 4.69) is 23.5 Å². The summed E-state index contributed by atoms with van der Waals surface area (Å²) >= 11 is 7.80. The van der Waals surface area contributed by atoms with Crippen molar-refractivity contribution in [2.45, 2.75) is 33.1 Å². The highest BCUT2D eigenvalue weighted by Gasteiger charge is 2.19.